The molecular formula is C19H27FN4O2. The van der Waals surface area contributed by atoms with Crippen LogP contribution in [0.5, 0.6) is 0 Å². The number of ether oxygens (including phenoxy) is 1. The van der Waals surface area contributed by atoms with Crippen molar-refractivity contribution in [1.29, 1.82) is 0 Å². The number of rotatable bonds is 8. The Labute approximate surface area is 153 Å². The number of nitrogens with zero attached hydrogens (tertiary/aromatic N) is 1. The van der Waals surface area contributed by atoms with E-state index in [9.17, 15) is 9.18 Å². The molecule has 7 heteroatoms. The summed E-state index contributed by atoms with van der Waals surface area (Å²) in [6.07, 6.45) is 2.76. The lowest BCUT2D eigenvalue weighted by molar-refractivity contribution is -0.147. The Morgan fingerprint density at radius 2 is 2.15 bits per heavy atom. The Kier molecular flexibility index (Phi) is 7.44. The average Bonchev–Trinajstić information content (AvgIpc) is 2.96. The maximum absolute atomic E-state index is 13.4. The number of H-pyrrole nitrogens is 1. The minimum absolute atomic E-state index is 0.112. The molecule has 0 aliphatic heterocycles. The van der Waals surface area contributed by atoms with Gasteiger partial charge in [0, 0.05) is 30.2 Å². The molecule has 0 saturated heterocycles. The van der Waals surface area contributed by atoms with Gasteiger partial charge in [0.25, 0.3) is 0 Å². The predicted molar refractivity (Wildman–Crippen MR) is 102 cm³/mol. The molecule has 1 aromatic carbocycles. The van der Waals surface area contributed by atoms with Gasteiger partial charge in [-0.15, -0.1) is 0 Å². The number of guanidine groups is 1. The fourth-order valence-electron chi connectivity index (χ4n) is 2.60. The van der Waals surface area contributed by atoms with E-state index in [0.717, 1.165) is 29.4 Å². The molecule has 1 aromatic heterocycles. The van der Waals surface area contributed by atoms with E-state index < -0.39 is 0 Å². The first-order valence-corrected chi connectivity index (χ1v) is 8.96. The quantitative estimate of drug-likeness (QED) is 0.383. The molecule has 2 rings (SSSR count). The van der Waals surface area contributed by atoms with Crippen molar-refractivity contribution in [3.05, 3.63) is 35.8 Å². The van der Waals surface area contributed by atoms with Gasteiger partial charge in [0.15, 0.2) is 5.96 Å². The molecule has 6 nitrogen and oxygen atoms in total. The predicted octanol–water partition coefficient (Wildman–Crippen LogP) is 2.75. The zero-order chi connectivity index (χ0) is 18.9. The Morgan fingerprint density at radius 3 is 2.88 bits per heavy atom. The van der Waals surface area contributed by atoms with Crippen molar-refractivity contribution in [2.75, 3.05) is 19.6 Å². The number of aromatic amines is 1. The molecule has 0 radical (unpaired) electrons. The smallest absolute Gasteiger partial charge is 0.307 e. The van der Waals surface area contributed by atoms with Crippen molar-refractivity contribution < 1.29 is 13.9 Å². The lowest BCUT2D eigenvalue weighted by atomic mass is 10.1. The Morgan fingerprint density at radius 1 is 1.35 bits per heavy atom. The summed E-state index contributed by atoms with van der Waals surface area (Å²) in [6, 6.07) is 4.73. The van der Waals surface area contributed by atoms with E-state index in [-0.39, 0.29) is 24.3 Å². The number of fused-ring (bicyclic) bond motifs is 1. The van der Waals surface area contributed by atoms with Gasteiger partial charge >= 0.3 is 5.97 Å². The number of carbonyl (C=O) groups excluding carboxylic acids is 1. The molecule has 3 N–H and O–H groups in total. The number of aliphatic imine (C=N–C) groups is 1. The molecule has 0 unspecified atom stereocenters. The molecule has 0 aliphatic carbocycles. The summed E-state index contributed by atoms with van der Waals surface area (Å²) in [7, 11) is 0. The molecule has 0 aliphatic rings. The van der Waals surface area contributed by atoms with Crippen molar-refractivity contribution in [3.63, 3.8) is 0 Å². The average molecular weight is 362 g/mol. The summed E-state index contributed by atoms with van der Waals surface area (Å²) >= 11 is 0. The summed E-state index contributed by atoms with van der Waals surface area (Å²) in [5.74, 6) is 0.158. The van der Waals surface area contributed by atoms with Gasteiger partial charge in [0.1, 0.15) is 5.82 Å². The first-order chi connectivity index (χ1) is 12.5. The van der Waals surface area contributed by atoms with Crippen LogP contribution in [0.2, 0.25) is 0 Å². The standard InChI is InChI=1S/C19H27FN4O2/c1-4-21-19(23-10-8-18(25)26-13(2)3)22-9-7-14-12-24-17-6-5-15(20)11-16(14)17/h5-6,11-13,24H,4,7-10H2,1-3H3,(H2,21,22,23). The highest BCUT2D eigenvalue weighted by molar-refractivity contribution is 5.83. The van der Waals surface area contributed by atoms with E-state index >= 15 is 0 Å². The first kappa shape index (κ1) is 19.8. The molecule has 0 amide bonds. The highest BCUT2D eigenvalue weighted by Crippen LogP contribution is 2.19. The van der Waals surface area contributed by atoms with Crippen molar-refractivity contribution in [1.82, 2.24) is 15.6 Å². The summed E-state index contributed by atoms with van der Waals surface area (Å²) in [4.78, 5) is 19.1. The van der Waals surface area contributed by atoms with Crippen molar-refractivity contribution in [2.24, 2.45) is 4.99 Å². The van der Waals surface area contributed by atoms with Crippen molar-refractivity contribution in [2.45, 2.75) is 39.7 Å². The number of aromatic nitrogens is 1. The topological polar surface area (TPSA) is 78.5 Å². The minimum Gasteiger partial charge on any atom is -0.463 e. The Hall–Kier alpha value is -2.57. The zero-order valence-corrected chi connectivity index (χ0v) is 15.6. The van der Waals surface area contributed by atoms with Crippen LogP contribution in [-0.2, 0) is 16.0 Å². The van der Waals surface area contributed by atoms with Crippen LogP contribution < -0.4 is 10.6 Å². The molecule has 1 heterocycles. The van der Waals surface area contributed by atoms with E-state index in [1.54, 1.807) is 12.1 Å². The lowest BCUT2D eigenvalue weighted by Crippen LogP contribution is -2.38. The van der Waals surface area contributed by atoms with Crippen LogP contribution in [0, 0.1) is 5.82 Å². The van der Waals surface area contributed by atoms with E-state index in [4.69, 9.17) is 4.74 Å². The fraction of sp³-hybridized carbons (Fsp3) is 0.474. The number of halogens is 1. The second kappa shape index (κ2) is 9.79. The third-order valence-electron chi connectivity index (χ3n) is 3.71. The number of carbonyl (C=O) groups is 1. The molecular weight excluding hydrogens is 335 g/mol. The van der Waals surface area contributed by atoms with Crippen LogP contribution in [0.25, 0.3) is 10.9 Å². The Bertz CT molecular complexity index is 755. The van der Waals surface area contributed by atoms with E-state index in [1.807, 2.05) is 27.0 Å². The van der Waals surface area contributed by atoms with E-state index in [0.29, 0.717) is 19.0 Å². The highest BCUT2D eigenvalue weighted by Gasteiger charge is 2.07. The SMILES string of the molecule is CCNC(=NCCC(=O)OC(C)C)NCCc1c[nH]c2ccc(F)cc12. The molecule has 0 bridgehead atoms. The highest BCUT2D eigenvalue weighted by atomic mass is 19.1. The van der Waals surface area contributed by atoms with Crippen molar-refractivity contribution >= 4 is 22.8 Å². The van der Waals surface area contributed by atoms with E-state index in [2.05, 4.69) is 20.6 Å². The van der Waals surface area contributed by atoms with E-state index in [1.165, 1.54) is 6.07 Å². The minimum atomic E-state index is -0.250. The molecule has 0 saturated carbocycles. The summed E-state index contributed by atoms with van der Waals surface area (Å²) in [5.41, 5.74) is 1.97. The molecule has 2 aromatic rings. The van der Waals surface area contributed by atoms with Crippen LogP contribution >= 0.6 is 0 Å². The van der Waals surface area contributed by atoms with Crippen LogP contribution in [0.15, 0.2) is 29.4 Å². The van der Waals surface area contributed by atoms with Gasteiger partial charge in [0.2, 0.25) is 0 Å². The van der Waals surface area contributed by atoms with Gasteiger partial charge in [-0.1, -0.05) is 0 Å². The number of hydrogen-bond acceptors (Lipinski definition) is 3. The van der Waals surface area contributed by atoms with Crippen molar-refractivity contribution in [3.8, 4) is 0 Å². The summed E-state index contributed by atoms with van der Waals surface area (Å²) in [6.45, 7) is 7.35. The third kappa shape index (κ3) is 6.06. The second-order valence-corrected chi connectivity index (χ2v) is 6.23. The Balaban J connectivity index is 1.86. The maximum atomic E-state index is 13.4. The van der Waals surface area contributed by atoms with Gasteiger partial charge in [-0.2, -0.15) is 0 Å². The largest absolute Gasteiger partial charge is 0.463 e. The monoisotopic (exact) mass is 362 g/mol. The van der Waals surface area contributed by atoms with Gasteiger partial charge in [0.05, 0.1) is 19.1 Å². The molecule has 0 fully saturated rings. The number of nitrogens with one attached hydrogen (secondary N) is 3. The maximum Gasteiger partial charge on any atom is 0.307 e. The first-order valence-electron chi connectivity index (χ1n) is 8.96. The number of hydrogen-bond donors (Lipinski definition) is 3. The van der Waals surface area contributed by atoms with Crippen LogP contribution in [0.1, 0.15) is 32.8 Å². The van der Waals surface area contributed by atoms with Crippen LogP contribution in [0.3, 0.4) is 0 Å². The van der Waals surface area contributed by atoms with Gasteiger partial charge in [-0.3, -0.25) is 9.79 Å². The zero-order valence-electron chi connectivity index (χ0n) is 15.6. The number of benzene rings is 1. The normalized spacial score (nSPS) is 11.8. The van der Waals surface area contributed by atoms with Gasteiger partial charge in [-0.05, 0) is 51.0 Å². The lowest BCUT2D eigenvalue weighted by Gasteiger charge is -2.11. The number of esters is 1. The second-order valence-electron chi connectivity index (χ2n) is 6.23. The van der Waals surface area contributed by atoms with Gasteiger partial charge < -0.3 is 20.4 Å². The molecule has 142 valence electrons. The van der Waals surface area contributed by atoms with Gasteiger partial charge in [-0.25, -0.2) is 4.39 Å². The molecule has 0 atom stereocenters. The molecule has 26 heavy (non-hydrogen) atoms. The third-order valence-corrected chi connectivity index (χ3v) is 3.71. The van der Waals surface area contributed by atoms with Crippen LogP contribution in [-0.4, -0.2) is 42.7 Å². The molecule has 0 spiro atoms. The summed E-state index contributed by atoms with van der Waals surface area (Å²) in [5, 5.41) is 7.27. The summed E-state index contributed by atoms with van der Waals surface area (Å²) < 4.78 is 18.5. The fourth-order valence-corrected chi connectivity index (χ4v) is 2.60. The van der Waals surface area contributed by atoms with Crippen LogP contribution in [0.4, 0.5) is 4.39 Å².